The summed E-state index contributed by atoms with van der Waals surface area (Å²) in [6, 6.07) is 0. The van der Waals surface area contributed by atoms with Crippen LogP contribution >= 0.6 is 0 Å². The van der Waals surface area contributed by atoms with Crippen LogP contribution in [0.25, 0.3) is 0 Å². The Bertz CT molecular complexity index is 340. The lowest BCUT2D eigenvalue weighted by Gasteiger charge is -2.34. The third kappa shape index (κ3) is 2.21. The largest absolute Gasteiger partial charge is 0.444 e. The molecule has 104 valence electrons. The third-order valence-electron chi connectivity index (χ3n) is 4.16. The van der Waals surface area contributed by atoms with Crippen molar-refractivity contribution in [3.63, 3.8) is 0 Å². The van der Waals surface area contributed by atoms with Crippen LogP contribution in [0.2, 0.25) is 0 Å². The molecular formula is C13H24N2O3. The van der Waals surface area contributed by atoms with Gasteiger partial charge in [0.25, 0.3) is 0 Å². The van der Waals surface area contributed by atoms with E-state index >= 15 is 0 Å². The number of carbonyl (C=O) groups excluding carboxylic acids is 1. The van der Waals surface area contributed by atoms with Gasteiger partial charge in [-0.1, -0.05) is 0 Å². The minimum atomic E-state index is -0.465. The molecule has 2 fully saturated rings. The molecule has 1 amide bonds. The normalized spacial score (nSPS) is 32.7. The number of rotatable bonds is 1. The number of likely N-dealkylation sites (N-methyl/N-ethyl adjacent to an activating group) is 1. The van der Waals surface area contributed by atoms with Crippen molar-refractivity contribution in [2.45, 2.75) is 38.3 Å². The summed E-state index contributed by atoms with van der Waals surface area (Å²) >= 11 is 0. The van der Waals surface area contributed by atoms with Gasteiger partial charge in [-0.3, -0.25) is 4.90 Å². The van der Waals surface area contributed by atoms with Gasteiger partial charge in [-0.15, -0.1) is 0 Å². The molecule has 2 aliphatic rings. The SMILES string of the molecule is CN1CC[C@@H]2CN(C(=O)OC(C)(C)C)C[C@@]21CO. The molecule has 1 N–H and O–H groups in total. The maximum atomic E-state index is 12.1. The van der Waals surface area contributed by atoms with Gasteiger partial charge in [0.1, 0.15) is 5.60 Å². The number of nitrogens with zero attached hydrogens (tertiary/aromatic N) is 2. The molecular weight excluding hydrogens is 232 g/mol. The maximum absolute atomic E-state index is 12.1. The van der Waals surface area contributed by atoms with Crippen molar-refractivity contribution >= 4 is 6.09 Å². The van der Waals surface area contributed by atoms with Crippen molar-refractivity contribution in [2.24, 2.45) is 5.92 Å². The van der Waals surface area contributed by atoms with Gasteiger partial charge in [0.15, 0.2) is 0 Å². The first-order chi connectivity index (χ1) is 8.28. The summed E-state index contributed by atoms with van der Waals surface area (Å²) in [4.78, 5) is 16.0. The van der Waals surface area contributed by atoms with Crippen molar-refractivity contribution in [1.82, 2.24) is 9.80 Å². The summed E-state index contributed by atoms with van der Waals surface area (Å²) < 4.78 is 5.40. The van der Waals surface area contributed by atoms with Gasteiger partial charge in [0.2, 0.25) is 0 Å². The lowest BCUT2D eigenvalue weighted by atomic mass is 9.89. The summed E-state index contributed by atoms with van der Waals surface area (Å²) in [5, 5.41) is 9.71. The Morgan fingerprint density at radius 2 is 2.17 bits per heavy atom. The molecule has 2 saturated heterocycles. The van der Waals surface area contributed by atoms with E-state index in [1.807, 2.05) is 27.8 Å². The van der Waals surface area contributed by atoms with Gasteiger partial charge in [0.05, 0.1) is 12.1 Å². The first-order valence-corrected chi connectivity index (χ1v) is 6.58. The Balaban J connectivity index is 2.06. The predicted octanol–water partition coefficient (Wildman–Crippen LogP) is 0.920. The van der Waals surface area contributed by atoms with E-state index in [9.17, 15) is 9.90 Å². The fraction of sp³-hybridized carbons (Fsp3) is 0.923. The van der Waals surface area contributed by atoms with E-state index in [1.165, 1.54) is 0 Å². The second kappa shape index (κ2) is 4.38. The molecule has 5 heteroatoms. The van der Waals surface area contributed by atoms with Crippen LogP contribution in [0, 0.1) is 5.92 Å². The van der Waals surface area contributed by atoms with Gasteiger partial charge in [-0.2, -0.15) is 0 Å². The molecule has 2 aliphatic heterocycles. The first-order valence-electron chi connectivity index (χ1n) is 6.58. The third-order valence-corrected chi connectivity index (χ3v) is 4.16. The molecule has 5 nitrogen and oxygen atoms in total. The Hall–Kier alpha value is -0.810. The number of amides is 1. The summed E-state index contributed by atoms with van der Waals surface area (Å²) in [5.74, 6) is 0.361. The zero-order chi connectivity index (χ0) is 13.6. The van der Waals surface area contributed by atoms with Crippen molar-refractivity contribution in [2.75, 3.05) is 33.3 Å². The lowest BCUT2D eigenvalue weighted by Crippen LogP contribution is -2.51. The molecule has 0 aromatic heterocycles. The van der Waals surface area contributed by atoms with E-state index in [0.29, 0.717) is 19.0 Å². The van der Waals surface area contributed by atoms with Crippen molar-refractivity contribution in [3.05, 3.63) is 0 Å². The van der Waals surface area contributed by atoms with Crippen LogP contribution in [-0.4, -0.2) is 65.4 Å². The van der Waals surface area contributed by atoms with Crippen molar-refractivity contribution < 1.29 is 14.6 Å². The molecule has 0 aliphatic carbocycles. The van der Waals surface area contributed by atoms with E-state index in [1.54, 1.807) is 4.90 Å². The number of fused-ring (bicyclic) bond motifs is 1. The minimum absolute atomic E-state index is 0.105. The van der Waals surface area contributed by atoms with E-state index < -0.39 is 5.60 Å². The standard InChI is InChI=1S/C13H24N2O3/c1-12(2,3)18-11(17)15-7-10-5-6-14(4)13(10,8-15)9-16/h10,16H,5-9H2,1-4H3/t10-,13-/m1/s1. The second-order valence-corrected chi connectivity index (χ2v) is 6.53. The number of ether oxygens (including phenoxy) is 1. The molecule has 2 rings (SSSR count). The summed E-state index contributed by atoms with van der Waals surface area (Å²) in [6.45, 7) is 7.97. The lowest BCUT2D eigenvalue weighted by molar-refractivity contribution is 0.0218. The number of hydrogen-bond donors (Lipinski definition) is 1. The molecule has 0 radical (unpaired) electrons. The molecule has 0 bridgehead atoms. The van der Waals surface area contributed by atoms with E-state index in [4.69, 9.17) is 4.74 Å². The van der Waals surface area contributed by atoms with Gasteiger partial charge >= 0.3 is 6.09 Å². The molecule has 0 aromatic rings. The highest BCUT2D eigenvalue weighted by molar-refractivity contribution is 5.69. The summed E-state index contributed by atoms with van der Waals surface area (Å²) in [7, 11) is 2.02. The van der Waals surface area contributed by atoms with E-state index in [2.05, 4.69) is 4.90 Å². The van der Waals surface area contributed by atoms with Gasteiger partial charge in [-0.05, 0) is 40.8 Å². The highest BCUT2D eigenvalue weighted by Gasteiger charge is 2.54. The van der Waals surface area contributed by atoms with Gasteiger partial charge in [-0.25, -0.2) is 4.79 Å². The van der Waals surface area contributed by atoms with Crippen molar-refractivity contribution in [1.29, 1.82) is 0 Å². The summed E-state index contributed by atoms with van der Waals surface area (Å²) in [5.41, 5.74) is -0.718. The quantitative estimate of drug-likeness (QED) is 0.758. The number of hydrogen-bond acceptors (Lipinski definition) is 4. The second-order valence-electron chi connectivity index (χ2n) is 6.53. The van der Waals surface area contributed by atoms with Crippen LogP contribution in [0.1, 0.15) is 27.2 Å². The maximum Gasteiger partial charge on any atom is 0.410 e. The van der Waals surface area contributed by atoms with Crippen molar-refractivity contribution in [3.8, 4) is 0 Å². The topological polar surface area (TPSA) is 53.0 Å². The highest BCUT2D eigenvalue weighted by atomic mass is 16.6. The Labute approximate surface area is 109 Å². The molecule has 0 aromatic carbocycles. The first kappa shape index (κ1) is 13.6. The monoisotopic (exact) mass is 256 g/mol. The fourth-order valence-corrected chi connectivity index (χ4v) is 3.09. The Morgan fingerprint density at radius 1 is 1.50 bits per heavy atom. The molecule has 0 saturated carbocycles. The van der Waals surface area contributed by atoms with Crippen LogP contribution in [0.15, 0.2) is 0 Å². The van der Waals surface area contributed by atoms with Gasteiger partial charge in [0, 0.05) is 19.0 Å². The van der Waals surface area contributed by atoms with Crippen LogP contribution in [-0.2, 0) is 4.74 Å². The number of aliphatic hydroxyl groups is 1. The molecule has 0 unspecified atom stereocenters. The molecule has 2 atom stereocenters. The average molecular weight is 256 g/mol. The van der Waals surface area contributed by atoms with Crippen LogP contribution in [0.4, 0.5) is 4.79 Å². The van der Waals surface area contributed by atoms with Crippen LogP contribution in [0.3, 0.4) is 0 Å². The van der Waals surface area contributed by atoms with E-state index in [0.717, 1.165) is 13.0 Å². The number of carbonyl (C=O) groups is 1. The Morgan fingerprint density at radius 3 is 2.67 bits per heavy atom. The van der Waals surface area contributed by atoms with Crippen LogP contribution < -0.4 is 0 Å². The smallest absolute Gasteiger partial charge is 0.410 e. The number of aliphatic hydroxyl groups excluding tert-OH is 1. The van der Waals surface area contributed by atoms with Crippen LogP contribution in [0.5, 0.6) is 0 Å². The number of likely N-dealkylation sites (tertiary alicyclic amines) is 2. The zero-order valence-corrected chi connectivity index (χ0v) is 11.8. The Kier molecular flexibility index (Phi) is 3.32. The van der Waals surface area contributed by atoms with Gasteiger partial charge < -0.3 is 14.7 Å². The fourth-order valence-electron chi connectivity index (χ4n) is 3.09. The average Bonchev–Trinajstić information content (AvgIpc) is 2.75. The molecule has 18 heavy (non-hydrogen) atoms. The zero-order valence-electron chi connectivity index (χ0n) is 11.8. The summed E-state index contributed by atoms with van der Waals surface area (Å²) in [6.07, 6.45) is 0.772. The molecule has 0 spiro atoms. The highest BCUT2D eigenvalue weighted by Crippen LogP contribution is 2.40. The predicted molar refractivity (Wildman–Crippen MR) is 68.4 cm³/mol. The van der Waals surface area contributed by atoms with E-state index in [-0.39, 0.29) is 18.2 Å². The minimum Gasteiger partial charge on any atom is -0.444 e. The molecule has 2 heterocycles.